The molecular weight excluding hydrogens is 473 g/mol. The summed E-state index contributed by atoms with van der Waals surface area (Å²) in [6.07, 6.45) is 4.55. The van der Waals surface area contributed by atoms with E-state index in [4.69, 9.17) is 10.1 Å². The number of unbranched alkanes of at least 4 members (excludes halogenated alkanes) is 2. The van der Waals surface area contributed by atoms with Crippen LogP contribution in [0.3, 0.4) is 0 Å². The molecule has 0 aliphatic carbocycles. The molecule has 0 fully saturated rings. The average molecular weight is 498 g/mol. The molecule has 0 aliphatic rings. The van der Waals surface area contributed by atoms with E-state index in [0.717, 1.165) is 26.9 Å². The fraction of sp³-hybridized carbons (Fsp3) is 0.400. The normalized spacial score (nSPS) is 11.2. The van der Waals surface area contributed by atoms with Gasteiger partial charge in [-0.1, -0.05) is 24.3 Å². The van der Waals surface area contributed by atoms with Gasteiger partial charge >= 0.3 is 17.5 Å². The summed E-state index contributed by atoms with van der Waals surface area (Å²) >= 11 is 2.19. The maximum atomic E-state index is 12.8. The van der Waals surface area contributed by atoms with Gasteiger partial charge in [-0.15, -0.1) is 6.58 Å². The number of aliphatic hydroxyl groups excluding tert-OH is 1. The number of benzene rings is 1. The van der Waals surface area contributed by atoms with Gasteiger partial charge in [0.25, 0.3) is 0 Å². The van der Waals surface area contributed by atoms with Crippen molar-refractivity contribution >= 4 is 34.4 Å². The van der Waals surface area contributed by atoms with Crippen LogP contribution in [-0.4, -0.2) is 35.0 Å². The van der Waals surface area contributed by atoms with Crippen LogP contribution in [-0.2, 0) is 20.7 Å². The first-order valence-corrected chi connectivity index (χ1v) is 10.1. The lowest BCUT2D eigenvalue weighted by Crippen LogP contribution is -2.39. The second-order valence-electron chi connectivity index (χ2n) is 5.91. The summed E-state index contributed by atoms with van der Waals surface area (Å²) in [5, 5.41) is 19.0. The molecule has 1 aromatic carbocycles. The fourth-order valence-electron chi connectivity index (χ4n) is 2.48. The molecule has 0 unspecified atom stereocenters. The summed E-state index contributed by atoms with van der Waals surface area (Å²) in [6.45, 7) is 5.43. The van der Waals surface area contributed by atoms with E-state index in [2.05, 4.69) is 34.1 Å². The number of rotatable bonds is 11. The molecule has 1 N–H and O–H groups in total. The highest BCUT2D eigenvalue weighted by Crippen LogP contribution is 2.16. The summed E-state index contributed by atoms with van der Waals surface area (Å²) in [5.41, 5.74) is 0.296. The third kappa shape index (κ3) is 7.31. The van der Waals surface area contributed by atoms with Crippen LogP contribution in [0.4, 0.5) is 0 Å². The van der Waals surface area contributed by atoms with E-state index in [0.29, 0.717) is 12.8 Å². The number of hydrogen-bond donors (Lipinski definition) is 1. The molecule has 1 rings (SSSR count). The number of halogens is 1. The Hall–Kier alpha value is -2.41. The number of amides is 2. The largest absolute Gasteiger partial charge is 0.528 e. The maximum absolute atomic E-state index is 12.8. The van der Waals surface area contributed by atoms with Crippen LogP contribution in [0.5, 0.6) is 0 Å². The second kappa shape index (κ2) is 12.9. The first-order valence-electron chi connectivity index (χ1n) is 9.06. The van der Waals surface area contributed by atoms with Crippen LogP contribution in [0, 0.1) is 8.96 Å². The molecule has 150 valence electrons. The van der Waals surface area contributed by atoms with Crippen molar-refractivity contribution in [3.8, 4) is 0 Å². The molecule has 0 aromatic heterocycles. The number of imide groups is 1. The van der Waals surface area contributed by atoms with Crippen LogP contribution >= 0.6 is 22.6 Å². The molecular formula is C20H25IN3O4+. The first kappa shape index (κ1) is 23.6. The Morgan fingerprint density at radius 2 is 2.07 bits per heavy atom. The zero-order valence-electron chi connectivity index (χ0n) is 15.9. The number of carbonyl (C=O) groups excluding carboxylic acids is 2. The van der Waals surface area contributed by atoms with E-state index in [1.165, 1.54) is 0 Å². The van der Waals surface area contributed by atoms with Crippen molar-refractivity contribution in [3.63, 3.8) is 0 Å². The van der Waals surface area contributed by atoms with E-state index in [1.807, 2.05) is 24.3 Å². The Bertz CT molecular complexity index is 771. The summed E-state index contributed by atoms with van der Waals surface area (Å²) in [5.74, 6) is -2.10. The predicted molar refractivity (Wildman–Crippen MR) is 115 cm³/mol. The van der Waals surface area contributed by atoms with Crippen molar-refractivity contribution in [3.05, 3.63) is 62.7 Å². The molecule has 1 aromatic rings. The Kier molecular flexibility index (Phi) is 10.9. The van der Waals surface area contributed by atoms with E-state index < -0.39 is 23.5 Å². The Morgan fingerprint density at radius 3 is 2.68 bits per heavy atom. The van der Waals surface area contributed by atoms with Crippen LogP contribution in [0.15, 0.2) is 48.6 Å². The zero-order valence-corrected chi connectivity index (χ0v) is 18.1. The Balaban J connectivity index is 3.02. The molecule has 0 bridgehead atoms. The van der Waals surface area contributed by atoms with Gasteiger partial charge in [-0.05, 0) is 66.8 Å². The molecule has 0 atom stereocenters. The number of allylic oxidation sites excluding steroid dienone is 1. The Labute approximate surface area is 178 Å². The third-order valence-electron chi connectivity index (χ3n) is 3.94. The van der Waals surface area contributed by atoms with Gasteiger partial charge in [-0.2, -0.15) is 0 Å². The van der Waals surface area contributed by atoms with Crippen LogP contribution < -0.4 is 0 Å². The van der Waals surface area contributed by atoms with Gasteiger partial charge in [-0.25, -0.2) is 0 Å². The standard InChI is InChI=1S/C20H24IN3O4/c1-3-5-6-7-12-17(25)24(14-13-15-10-8-9-11-16(15)21)19(26)18(23-22)20(27)28-4-2/h3,8-11H,1,4-7,12-14H2,2H3/p+1. The molecule has 7 nitrogen and oxygen atoms in total. The summed E-state index contributed by atoms with van der Waals surface area (Å²) in [4.78, 5) is 29.3. The summed E-state index contributed by atoms with van der Waals surface area (Å²) in [7, 11) is 0. The highest BCUT2D eigenvalue weighted by Gasteiger charge is 2.38. The van der Waals surface area contributed by atoms with Crippen molar-refractivity contribution < 1.29 is 19.4 Å². The number of aliphatic hydroxyl groups is 1. The van der Waals surface area contributed by atoms with Crippen molar-refractivity contribution in [1.29, 1.82) is 5.39 Å². The van der Waals surface area contributed by atoms with E-state index in [9.17, 15) is 14.7 Å². The molecule has 28 heavy (non-hydrogen) atoms. The van der Waals surface area contributed by atoms with Crippen LogP contribution in [0.25, 0.3) is 4.98 Å². The first-order chi connectivity index (χ1) is 13.5. The van der Waals surface area contributed by atoms with Crippen molar-refractivity contribution in [1.82, 2.24) is 4.90 Å². The topological polar surface area (TPSA) is 95.0 Å². The number of carbonyl (C=O) groups is 2. The lowest BCUT2D eigenvalue weighted by atomic mass is 10.1. The van der Waals surface area contributed by atoms with E-state index in [-0.39, 0.29) is 19.6 Å². The molecule has 0 spiro atoms. The summed E-state index contributed by atoms with van der Waals surface area (Å²) < 4.78 is 5.87. The van der Waals surface area contributed by atoms with Crippen molar-refractivity contribution in [2.45, 2.75) is 39.0 Å². The molecule has 8 heteroatoms. The third-order valence-corrected chi connectivity index (χ3v) is 5.00. The number of diazo groups is 1. The minimum absolute atomic E-state index is 0.0792. The van der Waals surface area contributed by atoms with Crippen LogP contribution in [0.2, 0.25) is 0 Å². The number of ether oxygens (including phenoxy) is 1. The monoisotopic (exact) mass is 498 g/mol. The van der Waals surface area contributed by atoms with Crippen LogP contribution in [0.1, 0.15) is 38.2 Å². The lowest BCUT2D eigenvalue weighted by molar-refractivity contribution is -0.142. The van der Waals surface area contributed by atoms with E-state index >= 15 is 0 Å². The van der Waals surface area contributed by atoms with Gasteiger partial charge in [-0.3, -0.25) is 14.5 Å². The molecule has 0 aliphatic heterocycles. The molecule has 0 saturated heterocycles. The van der Waals surface area contributed by atoms with Crippen molar-refractivity contribution in [2.75, 3.05) is 13.2 Å². The minimum atomic E-state index is -0.895. The predicted octanol–water partition coefficient (Wildman–Crippen LogP) is 4.55. The maximum Gasteiger partial charge on any atom is 0.528 e. The SMILES string of the molecule is C=CCCCCC(=O)N(CCc1ccccc1I)C(=O)/C([N+]#N)=C(\O)OCC. The molecule has 0 radical (unpaired) electrons. The number of hydrogen-bond acceptors (Lipinski definition) is 5. The minimum Gasteiger partial charge on any atom is -0.475 e. The quantitative estimate of drug-likeness (QED) is 0.121. The zero-order chi connectivity index (χ0) is 20.9. The number of nitrogens with zero attached hydrogens (tertiary/aromatic N) is 3. The van der Waals surface area contributed by atoms with E-state index in [1.54, 1.807) is 13.0 Å². The molecule has 0 heterocycles. The van der Waals surface area contributed by atoms with Gasteiger partial charge in [0.05, 0.1) is 6.61 Å². The fourth-order valence-corrected chi connectivity index (χ4v) is 3.14. The smallest absolute Gasteiger partial charge is 0.475 e. The molecule has 0 saturated carbocycles. The van der Waals surface area contributed by atoms with Gasteiger partial charge in [0.15, 0.2) is 4.98 Å². The highest BCUT2D eigenvalue weighted by atomic mass is 127. The van der Waals surface area contributed by atoms with Gasteiger partial charge in [0.2, 0.25) is 11.3 Å². The van der Waals surface area contributed by atoms with Gasteiger partial charge in [0, 0.05) is 16.5 Å². The Morgan fingerprint density at radius 1 is 1.36 bits per heavy atom. The highest BCUT2D eigenvalue weighted by molar-refractivity contribution is 14.1. The van der Waals surface area contributed by atoms with Gasteiger partial charge < -0.3 is 9.84 Å². The van der Waals surface area contributed by atoms with Gasteiger partial charge in [0.1, 0.15) is 0 Å². The molecule has 2 amide bonds. The second-order valence-corrected chi connectivity index (χ2v) is 7.08. The average Bonchev–Trinajstić information content (AvgIpc) is 2.67. The van der Waals surface area contributed by atoms with Crippen molar-refractivity contribution in [2.24, 2.45) is 0 Å². The summed E-state index contributed by atoms with van der Waals surface area (Å²) in [6, 6.07) is 7.65. The lowest BCUT2D eigenvalue weighted by Gasteiger charge is -2.18.